The zero-order chi connectivity index (χ0) is 24.4. The van der Waals surface area contributed by atoms with Crippen molar-refractivity contribution < 1.29 is 24.2 Å². The minimum absolute atomic E-state index is 0.00850. The number of methoxy groups -OCH3 is 1. The average molecular weight is 480 g/mol. The first kappa shape index (κ1) is 23.6. The first-order valence-electron chi connectivity index (χ1n) is 11.1. The quantitative estimate of drug-likeness (QED) is 0.456. The minimum atomic E-state index is -1.02. The van der Waals surface area contributed by atoms with Gasteiger partial charge in [0.2, 0.25) is 5.91 Å². The van der Waals surface area contributed by atoms with Crippen molar-refractivity contribution in [2.24, 2.45) is 0 Å². The lowest BCUT2D eigenvalue weighted by atomic mass is 9.86. The summed E-state index contributed by atoms with van der Waals surface area (Å²) in [6, 6.07) is 17.1. The van der Waals surface area contributed by atoms with E-state index < -0.39 is 12.0 Å². The van der Waals surface area contributed by atoms with Crippen LogP contribution in [0.15, 0.2) is 60.7 Å². The maximum Gasteiger partial charge on any atom is 0.335 e. The standard InChI is InChI=1S/C27H26ClNO5/c1-4-16(2)34-24-15-22-19(13-23(24)33-3)14-25(30)29(21-11-7-18(8-12-21)27(31)32)26(22)17-5-9-20(28)10-6-17/h5-13,15-16,26H,4,14H2,1-3H3,(H,31,32)/t16-,26?/m1/s1. The Morgan fingerprint density at radius 2 is 1.79 bits per heavy atom. The Morgan fingerprint density at radius 1 is 1.12 bits per heavy atom. The lowest BCUT2D eigenvalue weighted by Crippen LogP contribution is -2.41. The van der Waals surface area contributed by atoms with Crippen LogP contribution < -0.4 is 14.4 Å². The maximum absolute atomic E-state index is 13.4. The monoisotopic (exact) mass is 479 g/mol. The van der Waals surface area contributed by atoms with Crippen LogP contribution in [-0.2, 0) is 11.2 Å². The van der Waals surface area contributed by atoms with Gasteiger partial charge in [-0.2, -0.15) is 0 Å². The number of carboxylic acids is 1. The highest BCUT2D eigenvalue weighted by Gasteiger charge is 2.36. The van der Waals surface area contributed by atoms with Crippen LogP contribution in [0.4, 0.5) is 5.69 Å². The minimum Gasteiger partial charge on any atom is -0.493 e. The first-order valence-corrected chi connectivity index (χ1v) is 11.5. The summed E-state index contributed by atoms with van der Waals surface area (Å²) in [7, 11) is 1.59. The molecular weight excluding hydrogens is 454 g/mol. The van der Waals surface area contributed by atoms with E-state index in [9.17, 15) is 14.7 Å². The predicted molar refractivity (Wildman–Crippen MR) is 131 cm³/mol. The summed E-state index contributed by atoms with van der Waals surface area (Å²) < 4.78 is 11.7. The number of hydrogen-bond donors (Lipinski definition) is 1. The highest BCUT2D eigenvalue weighted by molar-refractivity contribution is 6.30. The van der Waals surface area contributed by atoms with Gasteiger partial charge in [0, 0.05) is 10.7 Å². The molecule has 176 valence electrons. The van der Waals surface area contributed by atoms with Crippen molar-refractivity contribution in [2.75, 3.05) is 12.0 Å². The van der Waals surface area contributed by atoms with Crippen LogP contribution in [0.25, 0.3) is 0 Å². The SMILES string of the molecule is CC[C@@H](C)Oc1cc2c(cc1OC)CC(=O)N(c1ccc(C(=O)O)cc1)C2c1ccc(Cl)cc1. The Hall–Kier alpha value is -3.51. The van der Waals surface area contributed by atoms with Gasteiger partial charge in [-0.05, 0) is 78.6 Å². The van der Waals surface area contributed by atoms with Crippen molar-refractivity contribution in [3.05, 3.63) is 87.9 Å². The molecule has 0 aliphatic carbocycles. The van der Waals surface area contributed by atoms with Gasteiger partial charge in [-0.3, -0.25) is 4.79 Å². The third kappa shape index (κ3) is 4.59. The molecule has 7 heteroatoms. The molecule has 34 heavy (non-hydrogen) atoms. The van der Waals surface area contributed by atoms with E-state index in [-0.39, 0.29) is 24.0 Å². The van der Waals surface area contributed by atoms with Gasteiger partial charge in [0.1, 0.15) is 0 Å². The summed E-state index contributed by atoms with van der Waals surface area (Å²) in [4.78, 5) is 26.5. The number of benzene rings is 3. The van der Waals surface area contributed by atoms with Gasteiger partial charge in [-0.1, -0.05) is 30.7 Å². The summed E-state index contributed by atoms with van der Waals surface area (Å²) in [5.74, 6) is 0.0780. The summed E-state index contributed by atoms with van der Waals surface area (Å²) in [6.07, 6.45) is 1.01. The fourth-order valence-electron chi connectivity index (χ4n) is 4.14. The number of carbonyl (C=O) groups is 2. The van der Waals surface area contributed by atoms with Gasteiger partial charge < -0.3 is 19.5 Å². The Morgan fingerprint density at radius 3 is 2.38 bits per heavy atom. The third-order valence-corrected chi connectivity index (χ3v) is 6.32. The molecule has 0 saturated carbocycles. The van der Waals surface area contributed by atoms with Crippen LogP contribution in [0.1, 0.15) is 53.4 Å². The van der Waals surface area contributed by atoms with Crippen molar-refractivity contribution in [3.8, 4) is 11.5 Å². The highest BCUT2D eigenvalue weighted by atomic mass is 35.5. The molecule has 0 spiro atoms. The predicted octanol–water partition coefficient (Wildman–Crippen LogP) is 5.90. The van der Waals surface area contributed by atoms with E-state index in [2.05, 4.69) is 0 Å². The van der Waals surface area contributed by atoms with Crippen LogP contribution in [0.2, 0.25) is 5.02 Å². The van der Waals surface area contributed by atoms with Crippen LogP contribution in [0.3, 0.4) is 0 Å². The normalized spacial score (nSPS) is 16.1. The largest absolute Gasteiger partial charge is 0.493 e. The molecule has 0 saturated heterocycles. The van der Waals surface area contributed by atoms with Crippen molar-refractivity contribution in [2.45, 2.75) is 38.8 Å². The number of nitrogens with zero attached hydrogens (tertiary/aromatic N) is 1. The number of anilines is 1. The molecular formula is C27H26ClNO5. The highest BCUT2D eigenvalue weighted by Crippen LogP contribution is 2.43. The van der Waals surface area contributed by atoms with E-state index in [1.54, 1.807) is 36.3 Å². The van der Waals surface area contributed by atoms with Crippen molar-refractivity contribution in [1.29, 1.82) is 0 Å². The number of aromatic carboxylic acids is 1. The van der Waals surface area contributed by atoms with E-state index in [0.29, 0.717) is 22.2 Å². The van der Waals surface area contributed by atoms with E-state index in [1.807, 2.05) is 38.1 Å². The molecule has 6 nitrogen and oxygen atoms in total. The van der Waals surface area contributed by atoms with E-state index >= 15 is 0 Å². The Labute approximate surface area is 203 Å². The van der Waals surface area contributed by atoms with Crippen LogP contribution in [0.5, 0.6) is 11.5 Å². The third-order valence-electron chi connectivity index (χ3n) is 6.07. The van der Waals surface area contributed by atoms with Crippen molar-refractivity contribution in [3.63, 3.8) is 0 Å². The number of carboxylic acid groups (broad SMARTS) is 1. The Bertz CT molecular complexity index is 1210. The molecule has 1 amide bonds. The smallest absolute Gasteiger partial charge is 0.335 e. The zero-order valence-electron chi connectivity index (χ0n) is 19.2. The lowest BCUT2D eigenvalue weighted by Gasteiger charge is -2.38. The van der Waals surface area contributed by atoms with Gasteiger partial charge in [-0.25, -0.2) is 4.79 Å². The van der Waals surface area contributed by atoms with Crippen molar-refractivity contribution >= 4 is 29.2 Å². The molecule has 0 bridgehead atoms. The second-order valence-electron chi connectivity index (χ2n) is 8.29. The number of carbonyl (C=O) groups excluding carboxylic acids is 1. The summed E-state index contributed by atoms with van der Waals surface area (Å²) >= 11 is 6.15. The number of hydrogen-bond acceptors (Lipinski definition) is 4. The molecule has 4 rings (SSSR count). The molecule has 0 aromatic heterocycles. The first-order chi connectivity index (χ1) is 16.3. The molecule has 2 atom stereocenters. The molecule has 3 aromatic rings. The van der Waals surface area contributed by atoms with Crippen molar-refractivity contribution in [1.82, 2.24) is 0 Å². The molecule has 1 heterocycles. The van der Waals surface area contributed by atoms with Gasteiger partial charge in [0.05, 0.1) is 31.2 Å². The van der Waals surface area contributed by atoms with Crippen LogP contribution >= 0.6 is 11.6 Å². The molecule has 1 aliphatic heterocycles. The zero-order valence-corrected chi connectivity index (χ0v) is 20.0. The van der Waals surface area contributed by atoms with Gasteiger partial charge in [0.25, 0.3) is 0 Å². The molecule has 3 aromatic carbocycles. The Balaban J connectivity index is 1.89. The fraction of sp³-hybridized carbons (Fsp3) is 0.259. The number of rotatable bonds is 7. The lowest BCUT2D eigenvalue weighted by molar-refractivity contribution is -0.118. The number of amides is 1. The number of fused-ring (bicyclic) bond motifs is 1. The van der Waals surface area contributed by atoms with E-state index in [1.165, 1.54) is 12.1 Å². The second kappa shape index (κ2) is 9.77. The molecule has 1 aliphatic rings. The van der Waals surface area contributed by atoms with Gasteiger partial charge >= 0.3 is 5.97 Å². The summed E-state index contributed by atoms with van der Waals surface area (Å²) in [6.45, 7) is 4.04. The fourth-order valence-corrected chi connectivity index (χ4v) is 4.27. The van der Waals surface area contributed by atoms with Gasteiger partial charge in [-0.15, -0.1) is 0 Å². The molecule has 0 fully saturated rings. The van der Waals surface area contributed by atoms with Crippen LogP contribution in [-0.4, -0.2) is 30.2 Å². The average Bonchev–Trinajstić information content (AvgIpc) is 2.83. The second-order valence-corrected chi connectivity index (χ2v) is 8.72. The number of halogens is 1. The van der Waals surface area contributed by atoms with Crippen LogP contribution in [0, 0.1) is 0 Å². The molecule has 1 N–H and O–H groups in total. The maximum atomic E-state index is 13.4. The molecule has 1 unspecified atom stereocenters. The Kier molecular flexibility index (Phi) is 6.80. The van der Waals surface area contributed by atoms with Gasteiger partial charge in [0.15, 0.2) is 11.5 Å². The summed E-state index contributed by atoms with van der Waals surface area (Å²) in [5.41, 5.74) is 3.42. The summed E-state index contributed by atoms with van der Waals surface area (Å²) in [5, 5.41) is 9.87. The van der Waals surface area contributed by atoms with E-state index in [4.69, 9.17) is 21.1 Å². The molecule has 0 radical (unpaired) electrons. The number of ether oxygens (including phenoxy) is 2. The topological polar surface area (TPSA) is 76.1 Å². The van der Waals surface area contributed by atoms with E-state index in [0.717, 1.165) is 23.1 Å².